The Bertz CT molecular complexity index is 877. The Hall–Kier alpha value is -1.80. The SMILES string of the molecule is CCOC(=O)[C@@H]1C(c2c(Cl)cccc2Cl)[C@@H](C(=O)OCC)[C@](O)(C(F)(F)F)N[C@]1(O)C(F)(F)F. The third-order valence-electron chi connectivity index (χ3n) is 5.28. The first-order valence-electron chi connectivity index (χ1n) is 9.62. The minimum Gasteiger partial charge on any atom is -0.466 e. The van der Waals surface area contributed by atoms with Gasteiger partial charge in [-0.1, -0.05) is 29.3 Å². The van der Waals surface area contributed by atoms with Gasteiger partial charge in [-0.05, 0) is 31.5 Å². The quantitative estimate of drug-likeness (QED) is 0.387. The van der Waals surface area contributed by atoms with Crippen molar-refractivity contribution in [3.8, 4) is 0 Å². The lowest BCUT2D eigenvalue weighted by atomic mass is 9.64. The summed E-state index contributed by atoms with van der Waals surface area (Å²) in [6.07, 6.45) is -12.0. The summed E-state index contributed by atoms with van der Waals surface area (Å²) in [6.45, 7) is 1.29. The van der Waals surface area contributed by atoms with Crippen LogP contribution in [0.15, 0.2) is 18.2 Å². The predicted molar refractivity (Wildman–Crippen MR) is 105 cm³/mol. The van der Waals surface area contributed by atoms with Gasteiger partial charge in [0, 0.05) is 16.0 Å². The molecule has 0 aromatic heterocycles. The first-order valence-corrected chi connectivity index (χ1v) is 10.4. The summed E-state index contributed by atoms with van der Waals surface area (Å²) in [5.41, 5.74) is -10.2. The minimum atomic E-state index is -6.00. The van der Waals surface area contributed by atoms with E-state index in [-0.39, 0.29) is 0 Å². The maximum atomic E-state index is 14.1. The molecule has 34 heavy (non-hydrogen) atoms. The summed E-state index contributed by atoms with van der Waals surface area (Å²) in [6, 6.07) is 3.24. The van der Waals surface area contributed by atoms with Crippen LogP contribution in [-0.2, 0) is 19.1 Å². The zero-order valence-corrected chi connectivity index (χ0v) is 18.9. The molecule has 1 saturated heterocycles. The molecular formula is C19H19Cl2F6NO6. The predicted octanol–water partition coefficient (Wildman–Crippen LogP) is 3.54. The number of ether oxygens (including phenoxy) is 2. The maximum Gasteiger partial charge on any atom is 0.432 e. The fourth-order valence-corrected chi connectivity index (χ4v) is 4.56. The third kappa shape index (κ3) is 4.68. The van der Waals surface area contributed by atoms with E-state index in [4.69, 9.17) is 23.2 Å². The van der Waals surface area contributed by atoms with Crippen molar-refractivity contribution in [2.45, 2.75) is 43.6 Å². The van der Waals surface area contributed by atoms with Crippen molar-refractivity contribution in [3.05, 3.63) is 33.8 Å². The molecule has 3 N–H and O–H groups in total. The molecule has 7 nitrogen and oxygen atoms in total. The van der Waals surface area contributed by atoms with Crippen LogP contribution in [0, 0.1) is 11.8 Å². The zero-order valence-electron chi connectivity index (χ0n) is 17.4. The van der Waals surface area contributed by atoms with Gasteiger partial charge >= 0.3 is 24.3 Å². The van der Waals surface area contributed by atoms with Crippen LogP contribution in [-0.4, -0.2) is 59.2 Å². The monoisotopic (exact) mass is 541 g/mol. The summed E-state index contributed by atoms with van der Waals surface area (Å²) < 4.78 is 93.8. The van der Waals surface area contributed by atoms with E-state index in [0.717, 1.165) is 12.1 Å². The highest BCUT2D eigenvalue weighted by Gasteiger charge is 2.78. The number of halogens is 8. The molecule has 1 fully saturated rings. The van der Waals surface area contributed by atoms with E-state index in [1.54, 1.807) is 0 Å². The van der Waals surface area contributed by atoms with E-state index in [1.807, 2.05) is 0 Å². The Morgan fingerprint density at radius 3 is 1.56 bits per heavy atom. The third-order valence-corrected chi connectivity index (χ3v) is 5.94. The first-order chi connectivity index (χ1) is 15.5. The maximum absolute atomic E-state index is 14.1. The van der Waals surface area contributed by atoms with Crippen molar-refractivity contribution in [2.75, 3.05) is 13.2 Å². The number of benzene rings is 1. The molecule has 15 heteroatoms. The fourth-order valence-electron chi connectivity index (χ4n) is 3.91. The highest BCUT2D eigenvalue weighted by molar-refractivity contribution is 6.36. The topological polar surface area (TPSA) is 105 Å². The highest BCUT2D eigenvalue weighted by atomic mass is 35.5. The van der Waals surface area contributed by atoms with Gasteiger partial charge in [0.1, 0.15) is 11.8 Å². The second-order valence-electron chi connectivity index (χ2n) is 7.27. The molecule has 0 amide bonds. The number of rotatable bonds is 5. The number of esters is 2. The largest absolute Gasteiger partial charge is 0.466 e. The number of aliphatic hydroxyl groups is 2. The van der Waals surface area contributed by atoms with Crippen molar-refractivity contribution in [1.29, 1.82) is 0 Å². The molecule has 1 unspecified atom stereocenters. The van der Waals surface area contributed by atoms with Crippen LogP contribution in [0.1, 0.15) is 25.3 Å². The molecule has 1 heterocycles. The standard InChI is InChI=1S/C19H19Cl2F6NO6/c1-3-33-14(29)12-11(10-8(20)6-5-7-9(10)21)13(15(30)34-4-2)17(32,19(25,26)27)28-16(12,31)18(22,23)24/h5-7,11-13,28,31-32H,3-4H2,1-2H3/t11?,12-,13-,16-,17+/m0/s1. The number of piperidine rings is 1. The summed E-state index contributed by atoms with van der Waals surface area (Å²) in [5, 5.41) is 20.7. The second kappa shape index (κ2) is 9.69. The molecule has 1 aromatic rings. The Balaban J connectivity index is 3.06. The van der Waals surface area contributed by atoms with Crippen molar-refractivity contribution in [2.24, 2.45) is 11.8 Å². The lowest BCUT2D eigenvalue weighted by Gasteiger charge is -2.54. The smallest absolute Gasteiger partial charge is 0.432 e. The van der Waals surface area contributed by atoms with E-state index < -0.39 is 82.3 Å². The Labute approximate surface area is 198 Å². The van der Waals surface area contributed by atoms with Gasteiger partial charge < -0.3 is 19.7 Å². The van der Waals surface area contributed by atoms with E-state index in [9.17, 15) is 46.1 Å². The zero-order chi connectivity index (χ0) is 26.3. The van der Waals surface area contributed by atoms with E-state index in [0.29, 0.717) is 5.32 Å². The van der Waals surface area contributed by atoms with Gasteiger partial charge in [0.2, 0.25) is 11.4 Å². The van der Waals surface area contributed by atoms with E-state index in [2.05, 4.69) is 9.47 Å². The van der Waals surface area contributed by atoms with Gasteiger partial charge in [-0.15, -0.1) is 0 Å². The summed E-state index contributed by atoms with van der Waals surface area (Å²) in [7, 11) is 0. The van der Waals surface area contributed by atoms with Gasteiger partial charge in [-0.25, -0.2) is 5.32 Å². The van der Waals surface area contributed by atoms with Crippen LogP contribution in [0.4, 0.5) is 26.3 Å². The van der Waals surface area contributed by atoms with Crippen LogP contribution >= 0.6 is 23.2 Å². The van der Waals surface area contributed by atoms with Crippen LogP contribution in [0.3, 0.4) is 0 Å². The Morgan fingerprint density at radius 2 is 1.26 bits per heavy atom. The molecule has 5 atom stereocenters. The molecule has 0 bridgehead atoms. The van der Waals surface area contributed by atoms with Crippen LogP contribution in [0.5, 0.6) is 0 Å². The van der Waals surface area contributed by atoms with Gasteiger partial charge in [0.25, 0.3) is 0 Å². The Kier molecular flexibility index (Phi) is 8.10. The summed E-state index contributed by atoms with van der Waals surface area (Å²) in [4.78, 5) is 25.5. The van der Waals surface area contributed by atoms with Crippen molar-refractivity contribution >= 4 is 35.1 Å². The van der Waals surface area contributed by atoms with Crippen molar-refractivity contribution in [1.82, 2.24) is 5.32 Å². The van der Waals surface area contributed by atoms with Crippen molar-refractivity contribution in [3.63, 3.8) is 0 Å². The Morgan fingerprint density at radius 1 is 0.912 bits per heavy atom. The average molecular weight is 542 g/mol. The lowest BCUT2D eigenvalue weighted by molar-refractivity contribution is -0.376. The number of hydrogen-bond donors (Lipinski definition) is 3. The van der Waals surface area contributed by atoms with Crippen molar-refractivity contribution < 1.29 is 55.6 Å². The average Bonchev–Trinajstić information content (AvgIpc) is 2.66. The molecule has 0 aliphatic carbocycles. The molecule has 1 aromatic carbocycles. The van der Waals surface area contributed by atoms with E-state index >= 15 is 0 Å². The van der Waals surface area contributed by atoms with Crippen LogP contribution < -0.4 is 5.32 Å². The van der Waals surface area contributed by atoms with Crippen LogP contribution in [0.2, 0.25) is 10.0 Å². The lowest BCUT2D eigenvalue weighted by Crippen LogP contribution is -2.81. The molecule has 0 radical (unpaired) electrons. The summed E-state index contributed by atoms with van der Waals surface area (Å²) in [5.74, 6) is -12.3. The van der Waals surface area contributed by atoms with Gasteiger partial charge in [-0.3, -0.25) is 9.59 Å². The highest BCUT2D eigenvalue weighted by Crippen LogP contribution is 2.57. The van der Waals surface area contributed by atoms with Gasteiger partial charge in [0.15, 0.2) is 0 Å². The first kappa shape index (κ1) is 28.4. The van der Waals surface area contributed by atoms with Gasteiger partial charge in [-0.2, -0.15) is 26.3 Å². The van der Waals surface area contributed by atoms with Crippen LogP contribution in [0.25, 0.3) is 0 Å². The second-order valence-corrected chi connectivity index (χ2v) is 8.09. The number of hydrogen-bond acceptors (Lipinski definition) is 7. The molecule has 1 aliphatic rings. The minimum absolute atomic E-state index is 0.542. The molecule has 0 saturated carbocycles. The molecule has 2 rings (SSSR count). The normalized spacial score (nSPS) is 30.1. The number of nitrogens with one attached hydrogen (secondary N) is 1. The van der Waals surface area contributed by atoms with Gasteiger partial charge in [0.05, 0.1) is 13.2 Å². The molecule has 1 aliphatic heterocycles. The molecule has 192 valence electrons. The number of alkyl halides is 6. The summed E-state index contributed by atoms with van der Waals surface area (Å²) >= 11 is 12.1. The number of carbonyl (C=O) groups excluding carboxylic acids is 2. The molecular weight excluding hydrogens is 523 g/mol. The molecule has 0 spiro atoms. The fraction of sp³-hybridized carbons (Fsp3) is 0.579. The number of carbonyl (C=O) groups is 2. The van der Waals surface area contributed by atoms with E-state index in [1.165, 1.54) is 19.9 Å².